The number of rotatable bonds is 5. The molecule has 1 aliphatic heterocycles. The summed E-state index contributed by atoms with van der Waals surface area (Å²) >= 11 is 0. The Hall–Kier alpha value is -1.88. The van der Waals surface area contributed by atoms with Crippen molar-refractivity contribution < 1.29 is 9.59 Å². The van der Waals surface area contributed by atoms with Gasteiger partial charge in [-0.3, -0.25) is 9.59 Å². The number of nitrogens with two attached hydrogens (primary N) is 1. The summed E-state index contributed by atoms with van der Waals surface area (Å²) in [5.41, 5.74) is 9.07. The standard InChI is InChI=1S/C20H29N3O2/c1-3-13-7-8-17-15(12-13)14(18(24)23-17)9-11-22-19(25)16-6-4-5-10-20(16,2)21/h7-8,12,14,16H,3-6,9-11,21H2,1-2H3,(H,22,25)(H,23,24). The molecule has 1 saturated carbocycles. The third-order valence-electron chi connectivity index (χ3n) is 5.78. The molecule has 3 rings (SSSR count). The van der Waals surface area contributed by atoms with Crippen molar-refractivity contribution in [1.29, 1.82) is 0 Å². The summed E-state index contributed by atoms with van der Waals surface area (Å²) in [6.45, 7) is 4.58. The number of amides is 2. The van der Waals surface area contributed by atoms with Crippen LogP contribution in [0.2, 0.25) is 0 Å². The molecular weight excluding hydrogens is 314 g/mol. The summed E-state index contributed by atoms with van der Waals surface area (Å²) in [5.74, 6) is -0.250. The summed E-state index contributed by atoms with van der Waals surface area (Å²) in [4.78, 5) is 24.8. The Morgan fingerprint density at radius 2 is 2.20 bits per heavy atom. The maximum absolute atomic E-state index is 12.5. The lowest BCUT2D eigenvalue weighted by atomic mass is 9.74. The first-order valence-electron chi connectivity index (χ1n) is 9.42. The van der Waals surface area contributed by atoms with Crippen LogP contribution in [0.1, 0.15) is 63.0 Å². The van der Waals surface area contributed by atoms with Gasteiger partial charge in [-0.15, -0.1) is 0 Å². The van der Waals surface area contributed by atoms with Crippen molar-refractivity contribution >= 4 is 17.5 Å². The Morgan fingerprint density at radius 3 is 2.92 bits per heavy atom. The number of hydrogen-bond acceptors (Lipinski definition) is 3. The highest BCUT2D eigenvalue weighted by Gasteiger charge is 2.38. The minimum absolute atomic E-state index is 0.0267. The lowest BCUT2D eigenvalue weighted by Gasteiger charge is -2.37. The van der Waals surface area contributed by atoms with Gasteiger partial charge in [0.1, 0.15) is 0 Å². The lowest BCUT2D eigenvalue weighted by Crippen LogP contribution is -2.53. The van der Waals surface area contributed by atoms with Gasteiger partial charge in [-0.25, -0.2) is 0 Å². The maximum Gasteiger partial charge on any atom is 0.232 e. The number of carbonyl (C=O) groups is 2. The summed E-state index contributed by atoms with van der Waals surface area (Å²) in [6, 6.07) is 6.14. The average Bonchev–Trinajstić information content (AvgIpc) is 2.89. The van der Waals surface area contributed by atoms with Gasteiger partial charge >= 0.3 is 0 Å². The van der Waals surface area contributed by atoms with Gasteiger partial charge in [0.25, 0.3) is 0 Å². The van der Waals surface area contributed by atoms with Crippen molar-refractivity contribution in [2.75, 3.05) is 11.9 Å². The third-order valence-corrected chi connectivity index (χ3v) is 5.78. The van der Waals surface area contributed by atoms with Gasteiger partial charge in [0, 0.05) is 17.8 Å². The Balaban J connectivity index is 1.59. The Bertz CT molecular complexity index is 669. The molecule has 5 nitrogen and oxygen atoms in total. The molecule has 0 saturated heterocycles. The fraction of sp³-hybridized carbons (Fsp3) is 0.600. The molecule has 0 spiro atoms. The molecule has 3 atom stereocenters. The molecule has 1 heterocycles. The van der Waals surface area contributed by atoms with Crippen LogP contribution in [0.4, 0.5) is 5.69 Å². The number of aryl methyl sites for hydroxylation is 1. The van der Waals surface area contributed by atoms with Crippen LogP contribution in [0.15, 0.2) is 18.2 Å². The fourth-order valence-corrected chi connectivity index (χ4v) is 4.13. The summed E-state index contributed by atoms with van der Waals surface area (Å²) in [7, 11) is 0. The average molecular weight is 343 g/mol. The third kappa shape index (κ3) is 3.71. The molecule has 1 aliphatic carbocycles. The van der Waals surface area contributed by atoms with E-state index in [-0.39, 0.29) is 23.7 Å². The molecule has 3 unspecified atom stereocenters. The van der Waals surface area contributed by atoms with Gasteiger partial charge in [0.05, 0.1) is 11.8 Å². The molecule has 1 fully saturated rings. The zero-order valence-corrected chi connectivity index (χ0v) is 15.2. The van der Waals surface area contributed by atoms with Gasteiger partial charge in [0.15, 0.2) is 0 Å². The monoisotopic (exact) mass is 343 g/mol. The topological polar surface area (TPSA) is 84.2 Å². The summed E-state index contributed by atoms with van der Waals surface area (Å²) in [5, 5.41) is 5.96. The summed E-state index contributed by atoms with van der Waals surface area (Å²) in [6.07, 6.45) is 5.46. The summed E-state index contributed by atoms with van der Waals surface area (Å²) < 4.78 is 0. The second kappa shape index (κ2) is 7.16. The number of nitrogens with one attached hydrogen (secondary N) is 2. The molecule has 0 radical (unpaired) electrons. The van der Waals surface area contributed by atoms with Gasteiger partial charge in [0.2, 0.25) is 11.8 Å². The number of anilines is 1. The predicted octanol–water partition coefficient (Wildman–Crippen LogP) is 2.70. The van der Waals surface area contributed by atoms with Crippen molar-refractivity contribution in [1.82, 2.24) is 5.32 Å². The van der Waals surface area contributed by atoms with Crippen LogP contribution in [0.5, 0.6) is 0 Å². The normalized spacial score (nSPS) is 28.4. The first kappa shape index (κ1) is 17.9. The minimum Gasteiger partial charge on any atom is -0.356 e. The van der Waals surface area contributed by atoms with E-state index in [2.05, 4.69) is 29.7 Å². The highest BCUT2D eigenvalue weighted by atomic mass is 16.2. The first-order chi connectivity index (χ1) is 11.9. The van der Waals surface area contributed by atoms with E-state index in [1.807, 2.05) is 13.0 Å². The van der Waals surface area contributed by atoms with Crippen molar-refractivity contribution in [3.63, 3.8) is 0 Å². The van der Waals surface area contributed by atoms with Crippen LogP contribution in [0, 0.1) is 5.92 Å². The Kier molecular flexibility index (Phi) is 5.13. The minimum atomic E-state index is -0.421. The van der Waals surface area contributed by atoms with Crippen LogP contribution in [-0.4, -0.2) is 23.9 Å². The van der Waals surface area contributed by atoms with E-state index in [1.165, 1.54) is 5.56 Å². The molecule has 1 aromatic carbocycles. The van der Waals surface area contributed by atoms with E-state index >= 15 is 0 Å². The molecule has 136 valence electrons. The quantitative estimate of drug-likeness (QED) is 0.768. The molecule has 2 aliphatic rings. The van der Waals surface area contributed by atoms with Crippen LogP contribution >= 0.6 is 0 Å². The lowest BCUT2D eigenvalue weighted by molar-refractivity contribution is -0.128. The molecule has 2 amide bonds. The van der Waals surface area contributed by atoms with E-state index in [9.17, 15) is 9.59 Å². The van der Waals surface area contributed by atoms with Crippen molar-refractivity contribution in [2.24, 2.45) is 11.7 Å². The Morgan fingerprint density at radius 1 is 1.40 bits per heavy atom. The van der Waals surface area contributed by atoms with Gasteiger partial charge < -0.3 is 16.4 Å². The Labute approximate surface area is 149 Å². The van der Waals surface area contributed by atoms with Crippen LogP contribution in [0.3, 0.4) is 0 Å². The van der Waals surface area contributed by atoms with Crippen molar-refractivity contribution in [3.8, 4) is 0 Å². The second-order valence-electron chi connectivity index (χ2n) is 7.70. The SMILES string of the molecule is CCc1ccc2c(c1)C(CCNC(=O)C1CCCCC1(C)N)C(=O)N2. The van der Waals surface area contributed by atoms with Crippen LogP contribution < -0.4 is 16.4 Å². The van der Waals surface area contributed by atoms with Gasteiger partial charge in [-0.1, -0.05) is 31.9 Å². The predicted molar refractivity (Wildman–Crippen MR) is 99.4 cm³/mol. The van der Waals surface area contributed by atoms with Crippen LogP contribution in [-0.2, 0) is 16.0 Å². The fourth-order valence-electron chi connectivity index (χ4n) is 4.13. The number of fused-ring (bicyclic) bond motifs is 1. The highest BCUT2D eigenvalue weighted by Crippen LogP contribution is 2.35. The molecular formula is C20H29N3O2. The number of benzene rings is 1. The smallest absolute Gasteiger partial charge is 0.232 e. The zero-order valence-electron chi connectivity index (χ0n) is 15.2. The second-order valence-corrected chi connectivity index (χ2v) is 7.70. The van der Waals surface area contributed by atoms with Crippen molar-refractivity contribution in [2.45, 2.75) is 63.8 Å². The maximum atomic E-state index is 12.5. The highest BCUT2D eigenvalue weighted by molar-refractivity contribution is 6.03. The molecule has 0 aromatic heterocycles. The molecule has 1 aromatic rings. The largest absolute Gasteiger partial charge is 0.356 e. The van der Waals surface area contributed by atoms with E-state index in [4.69, 9.17) is 5.73 Å². The number of carbonyl (C=O) groups excluding carboxylic acids is 2. The first-order valence-corrected chi connectivity index (χ1v) is 9.42. The zero-order chi connectivity index (χ0) is 18.0. The molecule has 4 N–H and O–H groups in total. The van der Waals surface area contributed by atoms with E-state index < -0.39 is 5.54 Å². The van der Waals surface area contributed by atoms with E-state index in [0.29, 0.717) is 13.0 Å². The van der Waals surface area contributed by atoms with E-state index in [0.717, 1.165) is 43.4 Å². The van der Waals surface area contributed by atoms with Gasteiger partial charge in [-0.05, 0) is 49.8 Å². The number of hydrogen-bond donors (Lipinski definition) is 3. The van der Waals surface area contributed by atoms with Crippen LogP contribution in [0.25, 0.3) is 0 Å². The van der Waals surface area contributed by atoms with E-state index in [1.54, 1.807) is 0 Å². The van der Waals surface area contributed by atoms with Crippen molar-refractivity contribution in [3.05, 3.63) is 29.3 Å². The molecule has 25 heavy (non-hydrogen) atoms. The van der Waals surface area contributed by atoms with Gasteiger partial charge in [-0.2, -0.15) is 0 Å². The molecule has 5 heteroatoms. The molecule has 0 bridgehead atoms.